The molecule has 2 N–H and O–H groups in total. The third-order valence-electron chi connectivity index (χ3n) is 6.38. The van der Waals surface area contributed by atoms with Gasteiger partial charge in [-0.2, -0.15) is 0 Å². The number of aromatic nitrogens is 4. The van der Waals surface area contributed by atoms with Crippen LogP contribution in [0.1, 0.15) is 49.5 Å². The molecule has 0 spiro atoms. The summed E-state index contributed by atoms with van der Waals surface area (Å²) in [6.07, 6.45) is 9.50. The average molecular weight is 450 g/mol. The topological polar surface area (TPSA) is 84.1 Å². The minimum absolute atomic E-state index is 0.157. The number of nitrogens with two attached hydrogens (primary N) is 1. The lowest BCUT2D eigenvalue weighted by Crippen LogP contribution is -2.34. The average Bonchev–Trinajstić information content (AvgIpc) is 3.36. The van der Waals surface area contributed by atoms with Gasteiger partial charge in [-0.3, -0.25) is 4.90 Å². The van der Waals surface area contributed by atoms with Crippen molar-refractivity contribution in [3.05, 3.63) is 59.1 Å². The van der Waals surface area contributed by atoms with Crippen molar-refractivity contribution < 1.29 is 0 Å². The van der Waals surface area contributed by atoms with Crippen LogP contribution in [0.5, 0.6) is 0 Å². The smallest absolute Gasteiger partial charge is 0.225 e. The number of likely N-dealkylation sites (tertiary alicyclic amines) is 1. The first kappa shape index (κ1) is 21.1. The Balaban J connectivity index is 1.45. The lowest BCUT2D eigenvalue weighted by molar-refractivity contribution is 0.136. The Labute approximate surface area is 193 Å². The number of nitrogens with zero attached hydrogens (tertiary/aromatic N) is 6. The zero-order chi connectivity index (χ0) is 21.9. The van der Waals surface area contributed by atoms with Gasteiger partial charge < -0.3 is 10.6 Å². The maximum absolute atomic E-state index is 6.11. The fraction of sp³-hybridized carbons (Fsp3) is 0.417. The third kappa shape index (κ3) is 4.54. The van der Waals surface area contributed by atoms with E-state index in [-0.39, 0.29) is 6.04 Å². The molecule has 2 fully saturated rings. The van der Waals surface area contributed by atoms with Crippen LogP contribution in [0.3, 0.4) is 0 Å². The highest BCUT2D eigenvalue weighted by Crippen LogP contribution is 2.37. The summed E-state index contributed by atoms with van der Waals surface area (Å²) in [5, 5.41) is 0.712. The lowest BCUT2D eigenvalue weighted by Gasteiger charge is -2.36. The summed E-state index contributed by atoms with van der Waals surface area (Å²) in [5.74, 6) is 1.16. The van der Waals surface area contributed by atoms with Crippen molar-refractivity contribution >= 4 is 23.5 Å². The van der Waals surface area contributed by atoms with Crippen molar-refractivity contribution in [2.45, 2.75) is 44.7 Å². The molecule has 0 aliphatic carbocycles. The van der Waals surface area contributed by atoms with E-state index in [1.54, 1.807) is 0 Å². The Morgan fingerprint density at radius 2 is 1.72 bits per heavy atom. The number of halogens is 1. The number of benzene rings is 1. The molecule has 3 aromatic rings. The molecule has 2 aliphatic rings. The highest BCUT2D eigenvalue weighted by atomic mass is 35.5. The van der Waals surface area contributed by atoms with Gasteiger partial charge in [0.05, 0.1) is 17.4 Å². The van der Waals surface area contributed by atoms with Crippen molar-refractivity contribution in [2.24, 2.45) is 0 Å². The van der Waals surface area contributed by atoms with Crippen molar-refractivity contribution in [1.82, 2.24) is 24.8 Å². The molecule has 32 heavy (non-hydrogen) atoms. The number of hydrogen-bond acceptors (Lipinski definition) is 7. The summed E-state index contributed by atoms with van der Waals surface area (Å²) in [7, 11) is 0. The van der Waals surface area contributed by atoms with Crippen LogP contribution < -0.4 is 10.6 Å². The molecular formula is C24H28ClN7. The number of piperidine rings is 1. The first-order chi connectivity index (χ1) is 15.7. The van der Waals surface area contributed by atoms with E-state index in [2.05, 4.69) is 19.8 Å². The normalized spacial score (nSPS) is 19.4. The van der Waals surface area contributed by atoms with Crippen molar-refractivity contribution in [3.8, 4) is 11.1 Å². The Hall–Kier alpha value is -2.77. The molecule has 0 saturated carbocycles. The van der Waals surface area contributed by atoms with Gasteiger partial charge in [0.2, 0.25) is 11.9 Å². The fourth-order valence-corrected chi connectivity index (χ4v) is 4.88. The van der Waals surface area contributed by atoms with Gasteiger partial charge in [-0.15, -0.1) is 0 Å². The van der Waals surface area contributed by atoms with Gasteiger partial charge in [0.1, 0.15) is 0 Å². The van der Waals surface area contributed by atoms with Crippen LogP contribution in [0.25, 0.3) is 11.1 Å². The second kappa shape index (κ2) is 9.38. The number of hydrogen-bond donors (Lipinski definition) is 1. The van der Waals surface area contributed by atoms with Gasteiger partial charge >= 0.3 is 0 Å². The number of nitrogen functional groups attached to an aromatic ring is 1. The summed E-state index contributed by atoms with van der Waals surface area (Å²) in [5.41, 5.74) is 10.1. The fourth-order valence-electron chi connectivity index (χ4n) is 4.76. The second-order valence-electron chi connectivity index (χ2n) is 8.56. The van der Waals surface area contributed by atoms with E-state index in [4.69, 9.17) is 27.3 Å². The SMILES string of the molecule is Nc1ncc(-c2ccc(Cl)cc2)c([C@H]2CCCCN2Cc2ccnc(N3CCCC3)n2)n1. The molecule has 1 aromatic carbocycles. The van der Waals surface area contributed by atoms with Crippen LogP contribution >= 0.6 is 11.6 Å². The maximum atomic E-state index is 6.11. The molecule has 0 radical (unpaired) electrons. The molecule has 166 valence electrons. The van der Waals surface area contributed by atoms with Crippen LogP contribution in [0.2, 0.25) is 5.02 Å². The summed E-state index contributed by atoms with van der Waals surface area (Å²) in [6.45, 7) is 3.84. The van der Waals surface area contributed by atoms with Crippen molar-refractivity contribution in [3.63, 3.8) is 0 Å². The largest absolute Gasteiger partial charge is 0.368 e. The van der Waals surface area contributed by atoms with Crippen molar-refractivity contribution in [1.29, 1.82) is 0 Å². The minimum atomic E-state index is 0.157. The van der Waals surface area contributed by atoms with Crippen LogP contribution in [0.4, 0.5) is 11.9 Å². The quantitative estimate of drug-likeness (QED) is 0.613. The Morgan fingerprint density at radius 3 is 2.53 bits per heavy atom. The molecular weight excluding hydrogens is 422 g/mol. The predicted molar refractivity (Wildman–Crippen MR) is 127 cm³/mol. The monoisotopic (exact) mass is 449 g/mol. The van der Waals surface area contributed by atoms with Gasteiger partial charge in [0, 0.05) is 42.6 Å². The summed E-state index contributed by atoms with van der Waals surface area (Å²) in [6, 6.07) is 10.0. The predicted octanol–water partition coefficient (Wildman–Crippen LogP) is 4.50. The molecule has 0 bridgehead atoms. The van der Waals surface area contributed by atoms with Gasteiger partial charge in [-0.05, 0) is 56.0 Å². The van der Waals surface area contributed by atoms with Gasteiger partial charge in [-0.1, -0.05) is 30.2 Å². The highest BCUT2D eigenvalue weighted by molar-refractivity contribution is 6.30. The molecule has 2 aromatic heterocycles. The standard InChI is InChI=1S/C24H28ClN7/c25-18-8-6-17(7-9-18)20-15-28-23(26)30-22(20)21-5-1-2-14-32(21)16-19-10-11-27-24(29-19)31-12-3-4-13-31/h6-11,15,21H,1-5,12-14,16H2,(H2,26,28,30)/t21-/m1/s1. The van der Waals surface area contributed by atoms with E-state index in [0.717, 1.165) is 73.9 Å². The molecule has 7 nitrogen and oxygen atoms in total. The van der Waals surface area contributed by atoms with E-state index in [0.29, 0.717) is 11.0 Å². The number of rotatable bonds is 5. The van der Waals surface area contributed by atoms with Gasteiger partial charge in [-0.25, -0.2) is 19.9 Å². The molecule has 2 saturated heterocycles. The number of anilines is 2. The molecule has 5 rings (SSSR count). The molecule has 2 aliphatic heterocycles. The first-order valence-corrected chi connectivity index (χ1v) is 11.7. The zero-order valence-electron chi connectivity index (χ0n) is 18.1. The maximum Gasteiger partial charge on any atom is 0.225 e. The Bertz CT molecular complexity index is 1070. The van der Waals surface area contributed by atoms with Gasteiger partial charge in [0.15, 0.2) is 0 Å². The van der Waals surface area contributed by atoms with E-state index >= 15 is 0 Å². The molecule has 1 atom stereocenters. The van der Waals surface area contributed by atoms with E-state index in [9.17, 15) is 0 Å². The van der Waals surface area contributed by atoms with Crippen LogP contribution in [-0.4, -0.2) is 44.5 Å². The Kier molecular flexibility index (Phi) is 6.19. The van der Waals surface area contributed by atoms with Crippen LogP contribution in [-0.2, 0) is 6.54 Å². The summed E-state index contributed by atoms with van der Waals surface area (Å²) in [4.78, 5) is 23.2. The third-order valence-corrected chi connectivity index (χ3v) is 6.63. The van der Waals surface area contributed by atoms with E-state index in [1.807, 2.05) is 42.7 Å². The second-order valence-corrected chi connectivity index (χ2v) is 8.99. The van der Waals surface area contributed by atoms with Crippen LogP contribution in [0, 0.1) is 0 Å². The first-order valence-electron chi connectivity index (χ1n) is 11.4. The molecule has 8 heteroatoms. The Morgan fingerprint density at radius 1 is 0.938 bits per heavy atom. The summed E-state index contributed by atoms with van der Waals surface area (Å²) < 4.78 is 0. The zero-order valence-corrected chi connectivity index (χ0v) is 18.9. The van der Waals surface area contributed by atoms with E-state index in [1.165, 1.54) is 12.8 Å². The van der Waals surface area contributed by atoms with Crippen LogP contribution in [0.15, 0.2) is 42.7 Å². The van der Waals surface area contributed by atoms with Gasteiger partial charge in [0.25, 0.3) is 0 Å². The lowest BCUT2D eigenvalue weighted by atomic mass is 9.93. The molecule has 0 unspecified atom stereocenters. The van der Waals surface area contributed by atoms with E-state index < -0.39 is 0 Å². The molecule has 4 heterocycles. The highest BCUT2D eigenvalue weighted by Gasteiger charge is 2.29. The summed E-state index contributed by atoms with van der Waals surface area (Å²) >= 11 is 6.11. The molecule has 0 amide bonds. The minimum Gasteiger partial charge on any atom is -0.368 e. The van der Waals surface area contributed by atoms with Crippen molar-refractivity contribution in [2.75, 3.05) is 30.3 Å².